The van der Waals surface area contributed by atoms with Gasteiger partial charge < -0.3 is 10.4 Å². The van der Waals surface area contributed by atoms with Gasteiger partial charge in [0.15, 0.2) is 0 Å². The van der Waals surface area contributed by atoms with Crippen molar-refractivity contribution in [2.75, 3.05) is 6.54 Å². The molecule has 1 amide bonds. The summed E-state index contributed by atoms with van der Waals surface area (Å²) in [5.41, 5.74) is 1.04. The van der Waals surface area contributed by atoms with Gasteiger partial charge in [0.05, 0.1) is 11.0 Å². The molecule has 16 heavy (non-hydrogen) atoms. The van der Waals surface area contributed by atoms with E-state index < -0.39 is 0 Å². The number of rotatable bonds is 3. The van der Waals surface area contributed by atoms with Gasteiger partial charge in [-0.1, -0.05) is 0 Å². The molecule has 0 aromatic carbocycles. The lowest BCUT2D eigenvalue weighted by Crippen LogP contribution is -2.28. The Morgan fingerprint density at radius 1 is 1.62 bits per heavy atom. The first-order valence-corrected chi connectivity index (χ1v) is 6.55. The van der Waals surface area contributed by atoms with Crippen molar-refractivity contribution in [2.24, 2.45) is 5.92 Å². The van der Waals surface area contributed by atoms with Gasteiger partial charge >= 0.3 is 0 Å². The largest absolute Gasteiger partial charge is 0.393 e. The fourth-order valence-electron chi connectivity index (χ4n) is 2.16. The van der Waals surface area contributed by atoms with Crippen LogP contribution in [-0.4, -0.2) is 23.7 Å². The highest BCUT2D eigenvalue weighted by Gasteiger charge is 2.23. The average Bonchev–Trinajstić information content (AvgIpc) is 2.84. The van der Waals surface area contributed by atoms with Crippen molar-refractivity contribution in [1.82, 2.24) is 5.32 Å². The Morgan fingerprint density at radius 3 is 3.00 bits per heavy atom. The van der Waals surface area contributed by atoms with Gasteiger partial charge in [-0.15, -0.1) is 11.3 Å². The lowest BCUT2D eigenvalue weighted by molar-refractivity contribution is 0.0948. The van der Waals surface area contributed by atoms with E-state index in [0.29, 0.717) is 12.5 Å². The zero-order valence-corrected chi connectivity index (χ0v) is 10.2. The van der Waals surface area contributed by atoms with Gasteiger partial charge in [0.1, 0.15) is 0 Å². The van der Waals surface area contributed by atoms with Crippen LogP contribution in [0.25, 0.3) is 0 Å². The molecule has 2 atom stereocenters. The van der Waals surface area contributed by atoms with E-state index in [1.165, 1.54) is 11.3 Å². The van der Waals surface area contributed by atoms with Gasteiger partial charge in [0, 0.05) is 6.54 Å². The highest BCUT2D eigenvalue weighted by atomic mass is 32.1. The summed E-state index contributed by atoms with van der Waals surface area (Å²) in [4.78, 5) is 12.6. The van der Waals surface area contributed by atoms with Crippen LogP contribution in [0.1, 0.15) is 34.5 Å². The minimum Gasteiger partial charge on any atom is -0.393 e. The van der Waals surface area contributed by atoms with Crippen LogP contribution < -0.4 is 5.32 Å². The quantitative estimate of drug-likeness (QED) is 0.847. The molecule has 2 rings (SSSR count). The summed E-state index contributed by atoms with van der Waals surface area (Å²) in [6.07, 6.45) is 2.55. The third-order valence-electron chi connectivity index (χ3n) is 3.13. The Labute approximate surface area is 99.5 Å². The predicted molar refractivity (Wildman–Crippen MR) is 64.7 cm³/mol. The summed E-state index contributed by atoms with van der Waals surface area (Å²) < 4.78 is 0. The Kier molecular flexibility index (Phi) is 3.61. The van der Waals surface area contributed by atoms with Crippen LogP contribution in [0.4, 0.5) is 0 Å². The highest BCUT2D eigenvalue weighted by molar-refractivity contribution is 7.12. The van der Waals surface area contributed by atoms with Crippen molar-refractivity contribution in [3.8, 4) is 0 Å². The SMILES string of the molecule is Cc1ccsc1C(=O)NCC1CCC(O)C1. The number of hydrogen-bond acceptors (Lipinski definition) is 3. The lowest BCUT2D eigenvalue weighted by Gasteiger charge is -2.10. The first-order valence-electron chi connectivity index (χ1n) is 5.67. The van der Waals surface area contributed by atoms with Crippen molar-refractivity contribution in [3.63, 3.8) is 0 Å². The van der Waals surface area contributed by atoms with Crippen LogP contribution in [0.3, 0.4) is 0 Å². The summed E-state index contributed by atoms with van der Waals surface area (Å²) in [5.74, 6) is 0.466. The monoisotopic (exact) mass is 239 g/mol. The molecule has 2 unspecified atom stereocenters. The Hall–Kier alpha value is -0.870. The van der Waals surface area contributed by atoms with E-state index in [4.69, 9.17) is 0 Å². The molecule has 0 saturated heterocycles. The van der Waals surface area contributed by atoms with Gasteiger partial charge in [-0.25, -0.2) is 0 Å². The minimum atomic E-state index is -0.162. The second-order valence-corrected chi connectivity index (χ2v) is 5.39. The summed E-state index contributed by atoms with van der Waals surface area (Å²) in [7, 11) is 0. The molecule has 4 heteroatoms. The van der Waals surface area contributed by atoms with E-state index in [1.54, 1.807) is 0 Å². The second-order valence-electron chi connectivity index (χ2n) is 4.48. The van der Waals surface area contributed by atoms with Crippen molar-refractivity contribution in [2.45, 2.75) is 32.3 Å². The number of aliphatic hydroxyl groups is 1. The maximum absolute atomic E-state index is 11.8. The summed E-state index contributed by atoms with van der Waals surface area (Å²) >= 11 is 1.48. The number of aryl methyl sites for hydroxylation is 1. The number of carbonyl (C=O) groups excluding carboxylic acids is 1. The molecule has 0 bridgehead atoms. The normalized spacial score (nSPS) is 24.6. The van der Waals surface area contributed by atoms with Crippen LogP contribution in [0.15, 0.2) is 11.4 Å². The first kappa shape index (κ1) is 11.6. The zero-order chi connectivity index (χ0) is 11.5. The number of thiophene rings is 1. The third-order valence-corrected chi connectivity index (χ3v) is 4.15. The summed E-state index contributed by atoms with van der Waals surface area (Å²) in [5, 5.41) is 14.3. The van der Waals surface area contributed by atoms with Crippen molar-refractivity contribution in [1.29, 1.82) is 0 Å². The van der Waals surface area contributed by atoms with Crippen molar-refractivity contribution < 1.29 is 9.90 Å². The fourth-order valence-corrected chi connectivity index (χ4v) is 3.00. The van der Waals surface area contributed by atoms with E-state index >= 15 is 0 Å². The van der Waals surface area contributed by atoms with Gasteiger partial charge in [-0.05, 0) is 49.1 Å². The van der Waals surface area contributed by atoms with Crippen LogP contribution >= 0.6 is 11.3 Å². The number of carbonyl (C=O) groups is 1. The van der Waals surface area contributed by atoms with Gasteiger partial charge in [-0.3, -0.25) is 4.79 Å². The van der Waals surface area contributed by atoms with Gasteiger partial charge in [0.25, 0.3) is 5.91 Å². The topological polar surface area (TPSA) is 49.3 Å². The molecule has 88 valence electrons. The van der Waals surface area contributed by atoms with Gasteiger partial charge in [0.2, 0.25) is 0 Å². The van der Waals surface area contributed by atoms with Gasteiger partial charge in [-0.2, -0.15) is 0 Å². The molecular weight excluding hydrogens is 222 g/mol. The number of hydrogen-bond donors (Lipinski definition) is 2. The predicted octanol–water partition coefficient (Wildman–Crippen LogP) is 1.95. The van der Waals surface area contributed by atoms with Crippen LogP contribution in [-0.2, 0) is 0 Å². The molecule has 1 aliphatic rings. The third kappa shape index (κ3) is 2.62. The maximum Gasteiger partial charge on any atom is 0.261 e. The number of aliphatic hydroxyl groups excluding tert-OH is 1. The van der Waals surface area contributed by atoms with Crippen molar-refractivity contribution in [3.05, 3.63) is 21.9 Å². The molecule has 1 aliphatic carbocycles. The molecule has 0 radical (unpaired) electrons. The molecule has 1 aromatic rings. The van der Waals surface area contributed by atoms with E-state index in [0.717, 1.165) is 29.7 Å². The second kappa shape index (κ2) is 4.97. The Morgan fingerprint density at radius 2 is 2.44 bits per heavy atom. The molecule has 1 aromatic heterocycles. The number of amides is 1. The molecule has 2 N–H and O–H groups in total. The maximum atomic E-state index is 11.8. The zero-order valence-electron chi connectivity index (χ0n) is 9.40. The smallest absolute Gasteiger partial charge is 0.261 e. The molecule has 1 saturated carbocycles. The first-order chi connectivity index (χ1) is 7.66. The van der Waals surface area contributed by atoms with Crippen LogP contribution in [0, 0.1) is 12.8 Å². The minimum absolute atomic E-state index is 0.0221. The van der Waals surface area contributed by atoms with E-state index in [9.17, 15) is 9.90 Å². The standard InChI is InChI=1S/C12H17NO2S/c1-8-4-5-16-11(8)12(15)13-7-9-2-3-10(14)6-9/h4-5,9-10,14H,2-3,6-7H2,1H3,(H,13,15). The molecule has 1 fully saturated rings. The highest BCUT2D eigenvalue weighted by Crippen LogP contribution is 2.24. The Balaban J connectivity index is 1.82. The summed E-state index contributed by atoms with van der Waals surface area (Å²) in [6, 6.07) is 1.96. The molecule has 1 heterocycles. The molecule has 0 aliphatic heterocycles. The summed E-state index contributed by atoms with van der Waals surface area (Å²) in [6.45, 7) is 2.64. The molecular formula is C12H17NO2S. The molecule has 0 spiro atoms. The van der Waals surface area contributed by atoms with Crippen molar-refractivity contribution >= 4 is 17.2 Å². The van der Waals surface area contributed by atoms with Crippen LogP contribution in [0.2, 0.25) is 0 Å². The Bertz CT molecular complexity index is 375. The van der Waals surface area contributed by atoms with E-state index in [2.05, 4.69) is 5.32 Å². The average molecular weight is 239 g/mol. The fraction of sp³-hybridized carbons (Fsp3) is 0.583. The van der Waals surface area contributed by atoms with E-state index in [-0.39, 0.29) is 12.0 Å². The molecule has 3 nitrogen and oxygen atoms in total. The number of nitrogens with one attached hydrogen (secondary N) is 1. The van der Waals surface area contributed by atoms with Crippen LogP contribution in [0.5, 0.6) is 0 Å². The van der Waals surface area contributed by atoms with E-state index in [1.807, 2.05) is 18.4 Å². The lowest BCUT2D eigenvalue weighted by atomic mass is 10.1.